The number of nitriles is 1. The maximum atomic E-state index is 13.0. The Balaban J connectivity index is 1.82. The monoisotopic (exact) mass is 445 g/mol. The van der Waals surface area contributed by atoms with E-state index in [4.69, 9.17) is 4.74 Å². The molecule has 1 aliphatic carbocycles. The lowest BCUT2D eigenvalue weighted by Gasteiger charge is -2.01. The Bertz CT molecular complexity index is 1540. The van der Waals surface area contributed by atoms with E-state index in [-0.39, 0.29) is 28.1 Å². The summed E-state index contributed by atoms with van der Waals surface area (Å²) in [4.78, 5) is 31.8. The second-order valence-corrected chi connectivity index (χ2v) is 8.86. The zero-order valence-electron chi connectivity index (χ0n) is 17.3. The lowest BCUT2D eigenvalue weighted by atomic mass is 10.1. The fourth-order valence-corrected chi connectivity index (χ4v) is 5.73. The average Bonchev–Trinajstić information content (AvgIpc) is 3.18. The summed E-state index contributed by atoms with van der Waals surface area (Å²) in [6.45, 7) is 0. The molecule has 1 aliphatic rings. The SMILES string of the molecule is COc1ccc(C(=O)/C=c2\c(O)c(C#N)c3nc(=O)c4c5c(sc4n23)CCCCC5)cc1. The molecule has 0 bridgehead atoms. The van der Waals surface area contributed by atoms with Crippen LogP contribution in [0.3, 0.4) is 0 Å². The van der Waals surface area contributed by atoms with Crippen molar-refractivity contribution < 1.29 is 14.6 Å². The van der Waals surface area contributed by atoms with Crippen molar-refractivity contribution in [2.75, 3.05) is 7.11 Å². The lowest BCUT2D eigenvalue weighted by molar-refractivity contribution is 0.106. The molecule has 3 aromatic heterocycles. The Kier molecular flexibility index (Phi) is 4.91. The van der Waals surface area contributed by atoms with Crippen molar-refractivity contribution in [3.8, 4) is 17.6 Å². The first-order valence-electron chi connectivity index (χ1n) is 10.3. The number of aromatic nitrogens is 2. The van der Waals surface area contributed by atoms with Gasteiger partial charge in [-0.1, -0.05) is 6.42 Å². The summed E-state index contributed by atoms with van der Waals surface area (Å²) >= 11 is 1.49. The van der Waals surface area contributed by atoms with E-state index in [1.54, 1.807) is 35.8 Å². The molecular formula is C24H19N3O4S. The second-order valence-electron chi connectivity index (χ2n) is 7.78. The molecule has 0 aliphatic heterocycles. The van der Waals surface area contributed by atoms with Crippen LogP contribution in [0.15, 0.2) is 29.1 Å². The maximum Gasteiger partial charge on any atom is 0.282 e. The van der Waals surface area contributed by atoms with Crippen molar-refractivity contribution in [2.45, 2.75) is 32.1 Å². The zero-order chi connectivity index (χ0) is 22.4. The molecule has 0 atom stereocenters. The van der Waals surface area contributed by atoms with Crippen LogP contribution in [0, 0.1) is 11.3 Å². The van der Waals surface area contributed by atoms with Crippen molar-refractivity contribution in [1.82, 2.24) is 9.38 Å². The quantitative estimate of drug-likeness (QED) is 0.384. The molecule has 0 radical (unpaired) electrons. The highest BCUT2D eigenvalue weighted by Crippen LogP contribution is 2.34. The summed E-state index contributed by atoms with van der Waals surface area (Å²) < 4.78 is 6.72. The van der Waals surface area contributed by atoms with Gasteiger partial charge in [0.15, 0.2) is 17.2 Å². The lowest BCUT2D eigenvalue weighted by Crippen LogP contribution is -2.17. The van der Waals surface area contributed by atoms with Crippen LogP contribution in [0.5, 0.6) is 11.5 Å². The number of methoxy groups -OCH3 is 1. The minimum Gasteiger partial charge on any atom is -0.504 e. The van der Waals surface area contributed by atoms with Gasteiger partial charge in [0, 0.05) is 16.5 Å². The molecule has 4 aromatic rings. The van der Waals surface area contributed by atoms with E-state index in [1.807, 2.05) is 6.07 Å². The van der Waals surface area contributed by atoms with E-state index in [0.717, 1.165) is 42.5 Å². The van der Waals surface area contributed by atoms with E-state index in [9.17, 15) is 20.0 Å². The molecule has 3 heterocycles. The molecule has 5 rings (SSSR count). The van der Waals surface area contributed by atoms with Crippen LogP contribution < -0.4 is 15.6 Å². The van der Waals surface area contributed by atoms with Gasteiger partial charge in [0.1, 0.15) is 22.2 Å². The predicted octanol–water partition coefficient (Wildman–Crippen LogP) is 3.15. The van der Waals surface area contributed by atoms with Gasteiger partial charge in [0.25, 0.3) is 5.56 Å². The minimum atomic E-state index is -0.395. The number of carbonyl (C=O) groups excluding carboxylic acids is 1. The first-order chi connectivity index (χ1) is 15.5. The largest absolute Gasteiger partial charge is 0.504 e. The van der Waals surface area contributed by atoms with Crippen LogP contribution in [0.25, 0.3) is 21.9 Å². The van der Waals surface area contributed by atoms with Gasteiger partial charge in [-0.05, 0) is 55.5 Å². The predicted molar refractivity (Wildman–Crippen MR) is 121 cm³/mol. The number of fused-ring (bicyclic) bond motifs is 5. The summed E-state index contributed by atoms with van der Waals surface area (Å²) in [7, 11) is 1.54. The summed E-state index contributed by atoms with van der Waals surface area (Å²) in [5.74, 6) is -0.0695. The van der Waals surface area contributed by atoms with E-state index in [0.29, 0.717) is 21.5 Å². The number of aryl methyl sites for hydroxylation is 2. The summed E-state index contributed by atoms with van der Waals surface area (Å²) in [6.07, 6.45) is 6.16. The molecular weight excluding hydrogens is 426 g/mol. The third-order valence-electron chi connectivity index (χ3n) is 5.94. The number of aromatic hydroxyl groups is 1. The molecule has 0 unspecified atom stereocenters. The van der Waals surface area contributed by atoms with Crippen molar-refractivity contribution >= 4 is 39.1 Å². The Hall–Kier alpha value is -3.70. The Morgan fingerprint density at radius 2 is 2.00 bits per heavy atom. The highest BCUT2D eigenvalue weighted by atomic mass is 32.1. The zero-order valence-corrected chi connectivity index (χ0v) is 18.2. The third kappa shape index (κ3) is 3.05. The van der Waals surface area contributed by atoms with Gasteiger partial charge in [0.2, 0.25) is 0 Å². The third-order valence-corrected chi connectivity index (χ3v) is 7.21. The molecule has 1 N–H and O–H groups in total. The highest BCUT2D eigenvalue weighted by Gasteiger charge is 2.24. The first-order valence-corrected chi connectivity index (χ1v) is 11.2. The standard InChI is InChI=1S/C24H19N3O4S/c1-31-14-9-7-13(8-10-14)18(28)11-17-21(29)16(12-25)22-26-23(30)20-15-5-3-2-4-6-19(15)32-24(20)27(17)22/h7-11,29H,2-6H2,1H3/b17-11+. The molecule has 7 nitrogen and oxygen atoms in total. The molecule has 0 spiro atoms. The smallest absolute Gasteiger partial charge is 0.282 e. The number of ether oxygens (including phenoxy) is 1. The van der Waals surface area contributed by atoms with Crippen molar-refractivity contribution in [2.24, 2.45) is 0 Å². The van der Waals surface area contributed by atoms with Gasteiger partial charge >= 0.3 is 0 Å². The molecule has 1 aromatic carbocycles. The van der Waals surface area contributed by atoms with Crippen LogP contribution in [-0.4, -0.2) is 27.4 Å². The van der Waals surface area contributed by atoms with Crippen LogP contribution in [0.1, 0.15) is 45.6 Å². The van der Waals surface area contributed by atoms with Crippen molar-refractivity contribution in [1.29, 1.82) is 5.26 Å². The topological polar surface area (TPSA) is 105 Å². The average molecular weight is 446 g/mol. The van der Waals surface area contributed by atoms with E-state index >= 15 is 0 Å². The normalized spacial score (nSPS) is 14.3. The van der Waals surface area contributed by atoms with Gasteiger partial charge in [-0.15, -0.1) is 11.3 Å². The Morgan fingerprint density at radius 3 is 2.72 bits per heavy atom. The van der Waals surface area contributed by atoms with E-state index in [1.165, 1.54) is 17.4 Å². The number of nitrogens with zero attached hydrogens (tertiary/aromatic N) is 3. The van der Waals surface area contributed by atoms with E-state index in [2.05, 4.69) is 4.98 Å². The van der Waals surface area contributed by atoms with Crippen molar-refractivity contribution in [3.63, 3.8) is 0 Å². The number of Topliss-reactive ketones (excluding diaryl/α,β-unsaturated/α-hetero) is 1. The Morgan fingerprint density at radius 1 is 1.25 bits per heavy atom. The molecule has 8 heteroatoms. The maximum absolute atomic E-state index is 13.0. The van der Waals surface area contributed by atoms with Crippen LogP contribution in [0.2, 0.25) is 0 Å². The number of ketones is 1. The highest BCUT2D eigenvalue weighted by molar-refractivity contribution is 7.18. The summed E-state index contributed by atoms with van der Waals surface area (Å²) in [6, 6.07) is 8.55. The minimum absolute atomic E-state index is 0.0766. The molecule has 0 saturated carbocycles. The Labute approximate surface area is 186 Å². The number of thiophene rings is 1. The van der Waals surface area contributed by atoms with Gasteiger partial charge in [-0.2, -0.15) is 10.2 Å². The van der Waals surface area contributed by atoms with Gasteiger partial charge in [0.05, 0.1) is 17.8 Å². The molecule has 0 fully saturated rings. The molecule has 32 heavy (non-hydrogen) atoms. The van der Waals surface area contributed by atoms with Crippen molar-refractivity contribution in [3.05, 3.63) is 61.5 Å². The van der Waals surface area contributed by atoms with Crippen LogP contribution in [0.4, 0.5) is 0 Å². The fraction of sp³-hybridized carbons (Fsp3) is 0.250. The summed E-state index contributed by atoms with van der Waals surface area (Å²) in [5.41, 5.74) is 0.995. The van der Waals surface area contributed by atoms with Gasteiger partial charge in [-0.25, -0.2) is 0 Å². The number of rotatable bonds is 3. The number of carbonyl (C=O) groups is 1. The van der Waals surface area contributed by atoms with Gasteiger partial charge in [-0.3, -0.25) is 14.0 Å². The number of hydrogen-bond donors (Lipinski definition) is 1. The number of hydrogen-bond acceptors (Lipinski definition) is 7. The number of benzene rings is 1. The van der Waals surface area contributed by atoms with Crippen LogP contribution >= 0.6 is 11.3 Å². The van der Waals surface area contributed by atoms with E-state index < -0.39 is 5.56 Å². The summed E-state index contributed by atoms with van der Waals surface area (Å²) in [5, 5.41) is 21.1. The van der Waals surface area contributed by atoms with Crippen LogP contribution in [-0.2, 0) is 12.8 Å². The molecule has 0 amide bonds. The molecule has 160 valence electrons. The first kappa shape index (κ1) is 20.2. The fourth-order valence-electron chi connectivity index (χ4n) is 4.33. The molecule has 0 saturated heterocycles. The van der Waals surface area contributed by atoms with Gasteiger partial charge < -0.3 is 9.84 Å². The second kappa shape index (κ2) is 7.77.